The maximum atomic E-state index is 6.24. The molecule has 2 N–H and O–H groups in total. The van der Waals surface area contributed by atoms with E-state index in [0.717, 1.165) is 23.5 Å². The molecule has 104 valence electrons. The second kappa shape index (κ2) is 5.43. The number of rotatable bonds is 2. The lowest BCUT2D eigenvalue weighted by Crippen LogP contribution is -2.33. The molecule has 3 nitrogen and oxygen atoms in total. The van der Waals surface area contributed by atoms with Crippen LogP contribution in [0.5, 0.6) is 5.75 Å². The molecule has 0 aromatic heterocycles. The van der Waals surface area contributed by atoms with Gasteiger partial charge in [-0.05, 0) is 24.3 Å². The summed E-state index contributed by atoms with van der Waals surface area (Å²) in [5.41, 5.74) is 8.59. The van der Waals surface area contributed by atoms with E-state index < -0.39 is 0 Å². The Morgan fingerprint density at radius 3 is 2.55 bits per heavy atom. The van der Waals surface area contributed by atoms with Gasteiger partial charge in [0, 0.05) is 22.2 Å². The zero-order valence-corrected chi connectivity index (χ0v) is 12.3. The molecule has 1 heterocycles. The Hall–Kier alpha value is -1.58. The summed E-state index contributed by atoms with van der Waals surface area (Å²) in [4.78, 5) is 2.15. The number of ether oxygens (including phenoxy) is 1. The molecule has 0 saturated heterocycles. The van der Waals surface area contributed by atoms with Gasteiger partial charge in [0.05, 0.1) is 12.2 Å². The fourth-order valence-corrected chi connectivity index (χ4v) is 2.92. The van der Waals surface area contributed by atoms with Gasteiger partial charge in [-0.1, -0.05) is 35.3 Å². The Labute approximate surface area is 127 Å². The van der Waals surface area contributed by atoms with Gasteiger partial charge in [0.2, 0.25) is 0 Å². The van der Waals surface area contributed by atoms with Gasteiger partial charge in [0.15, 0.2) is 0 Å². The van der Waals surface area contributed by atoms with Crippen LogP contribution in [0, 0.1) is 0 Å². The summed E-state index contributed by atoms with van der Waals surface area (Å²) in [6.07, 6.45) is 0. The quantitative estimate of drug-likeness (QED) is 0.853. The summed E-state index contributed by atoms with van der Waals surface area (Å²) in [6.45, 7) is 1.99. The number of nitrogens with zero attached hydrogens (tertiary/aromatic N) is 1. The van der Waals surface area contributed by atoms with Crippen LogP contribution in [0.1, 0.15) is 5.56 Å². The topological polar surface area (TPSA) is 38.5 Å². The highest BCUT2D eigenvalue weighted by Gasteiger charge is 2.22. The molecule has 0 radical (unpaired) electrons. The number of para-hydroxylation sites is 1. The molecule has 0 unspecified atom stereocenters. The van der Waals surface area contributed by atoms with Crippen LogP contribution in [0.2, 0.25) is 10.0 Å². The number of nitrogen functional groups attached to an aromatic ring is 1. The largest absolute Gasteiger partial charge is 0.489 e. The number of benzene rings is 2. The molecule has 0 spiro atoms. The lowest BCUT2D eigenvalue weighted by molar-refractivity contribution is 0.307. The van der Waals surface area contributed by atoms with Gasteiger partial charge in [-0.3, -0.25) is 0 Å². The van der Waals surface area contributed by atoms with Gasteiger partial charge in [-0.25, -0.2) is 0 Å². The average Bonchev–Trinajstić information content (AvgIpc) is 2.43. The van der Waals surface area contributed by atoms with Crippen molar-refractivity contribution >= 4 is 34.6 Å². The van der Waals surface area contributed by atoms with Crippen molar-refractivity contribution in [2.45, 2.75) is 6.54 Å². The van der Waals surface area contributed by atoms with E-state index in [0.29, 0.717) is 28.9 Å². The van der Waals surface area contributed by atoms with Crippen LogP contribution in [0.25, 0.3) is 0 Å². The summed E-state index contributed by atoms with van der Waals surface area (Å²) >= 11 is 12.5. The van der Waals surface area contributed by atoms with Gasteiger partial charge in [0.1, 0.15) is 18.0 Å². The van der Waals surface area contributed by atoms with E-state index in [1.807, 2.05) is 36.4 Å². The van der Waals surface area contributed by atoms with Crippen molar-refractivity contribution in [3.05, 3.63) is 52.0 Å². The van der Waals surface area contributed by atoms with Crippen LogP contribution in [0.15, 0.2) is 36.4 Å². The molecule has 20 heavy (non-hydrogen) atoms. The van der Waals surface area contributed by atoms with Crippen LogP contribution < -0.4 is 15.4 Å². The normalized spacial score (nSPS) is 13.8. The molecule has 2 aromatic carbocycles. The zero-order valence-electron chi connectivity index (χ0n) is 10.8. The number of hydrogen-bond donors (Lipinski definition) is 1. The molecule has 0 fully saturated rings. The second-order valence-corrected chi connectivity index (χ2v) is 5.48. The van der Waals surface area contributed by atoms with E-state index in [1.54, 1.807) is 0 Å². The summed E-state index contributed by atoms with van der Waals surface area (Å²) in [5.74, 6) is 0.805. The molecule has 0 atom stereocenters. The molecule has 1 aliphatic heterocycles. The van der Waals surface area contributed by atoms with Gasteiger partial charge in [0.25, 0.3) is 0 Å². The Kier molecular flexibility index (Phi) is 3.64. The third-order valence-corrected chi connectivity index (χ3v) is 4.08. The van der Waals surface area contributed by atoms with E-state index in [9.17, 15) is 0 Å². The maximum absolute atomic E-state index is 6.24. The number of nitrogens with two attached hydrogens (primary N) is 1. The molecule has 5 heteroatoms. The summed E-state index contributed by atoms with van der Waals surface area (Å²) in [6, 6.07) is 11.2. The lowest BCUT2D eigenvalue weighted by atomic mass is 10.1. The molecule has 0 saturated carbocycles. The second-order valence-electron chi connectivity index (χ2n) is 4.66. The fourth-order valence-electron chi connectivity index (χ4n) is 2.40. The monoisotopic (exact) mass is 308 g/mol. The number of hydrogen-bond acceptors (Lipinski definition) is 3. The van der Waals surface area contributed by atoms with E-state index in [4.69, 9.17) is 33.7 Å². The van der Waals surface area contributed by atoms with Crippen LogP contribution in [0.4, 0.5) is 11.4 Å². The Morgan fingerprint density at radius 1 is 1.10 bits per heavy atom. The van der Waals surface area contributed by atoms with Crippen LogP contribution >= 0.6 is 23.2 Å². The van der Waals surface area contributed by atoms with Crippen molar-refractivity contribution in [3.8, 4) is 5.75 Å². The molecule has 3 rings (SSSR count). The van der Waals surface area contributed by atoms with Crippen molar-refractivity contribution < 1.29 is 4.74 Å². The third-order valence-electron chi connectivity index (χ3n) is 3.38. The highest BCUT2D eigenvalue weighted by molar-refractivity contribution is 6.36. The lowest BCUT2D eigenvalue weighted by Gasteiger charge is -2.32. The summed E-state index contributed by atoms with van der Waals surface area (Å²) < 4.78 is 5.65. The molecule has 0 bridgehead atoms. The van der Waals surface area contributed by atoms with E-state index in [-0.39, 0.29) is 0 Å². The molecule has 0 amide bonds. The fraction of sp³-hybridized carbons (Fsp3) is 0.200. The van der Waals surface area contributed by atoms with E-state index in [2.05, 4.69) is 4.90 Å². The zero-order chi connectivity index (χ0) is 14.1. The summed E-state index contributed by atoms with van der Waals surface area (Å²) in [7, 11) is 0. The smallest absolute Gasteiger partial charge is 0.144 e. The SMILES string of the molecule is Nc1cccc2c1N(Cc1c(Cl)cccc1Cl)CCO2. The minimum absolute atomic E-state index is 0.614. The van der Waals surface area contributed by atoms with Crippen molar-refractivity contribution in [1.82, 2.24) is 0 Å². The van der Waals surface area contributed by atoms with Crippen molar-refractivity contribution in [3.63, 3.8) is 0 Å². The number of halogens is 2. The minimum atomic E-state index is 0.614. The molecule has 1 aliphatic rings. The Morgan fingerprint density at radius 2 is 1.80 bits per heavy atom. The standard InChI is InChI=1S/C15H14Cl2N2O/c16-11-3-1-4-12(17)10(11)9-19-7-8-20-14-6-2-5-13(18)15(14)19/h1-6H,7-9,18H2. The highest BCUT2D eigenvalue weighted by atomic mass is 35.5. The van der Waals surface area contributed by atoms with Crippen molar-refractivity contribution in [1.29, 1.82) is 0 Å². The first-order valence-electron chi connectivity index (χ1n) is 6.36. The Bertz CT molecular complexity index is 626. The average molecular weight is 309 g/mol. The first-order chi connectivity index (χ1) is 9.66. The molecule has 0 aliphatic carbocycles. The minimum Gasteiger partial charge on any atom is -0.489 e. The van der Waals surface area contributed by atoms with Gasteiger partial charge in [-0.15, -0.1) is 0 Å². The van der Waals surface area contributed by atoms with E-state index >= 15 is 0 Å². The van der Waals surface area contributed by atoms with Crippen LogP contribution in [0.3, 0.4) is 0 Å². The van der Waals surface area contributed by atoms with Crippen molar-refractivity contribution in [2.75, 3.05) is 23.8 Å². The first kappa shape index (κ1) is 13.4. The van der Waals surface area contributed by atoms with Crippen molar-refractivity contribution in [2.24, 2.45) is 0 Å². The van der Waals surface area contributed by atoms with Gasteiger partial charge >= 0.3 is 0 Å². The molecular weight excluding hydrogens is 295 g/mol. The Balaban J connectivity index is 1.98. The molecular formula is C15H14Cl2N2O. The number of anilines is 2. The predicted octanol–water partition coefficient (Wildman–Crippen LogP) is 3.97. The maximum Gasteiger partial charge on any atom is 0.144 e. The summed E-state index contributed by atoms with van der Waals surface area (Å²) in [5, 5.41) is 1.33. The van der Waals surface area contributed by atoms with E-state index in [1.165, 1.54) is 0 Å². The van der Waals surface area contributed by atoms with Gasteiger partial charge in [-0.2, -0.15) is 0 Å². The third kappa shape index (κ3) is 2.39. The highest BCUT2D eigenvalue weighted by Crippen LogP contribution is 2.38. The van der Waals surface area contributed by atoms with Crippen LogP contribution in [-0.2, 0) is 6.54 Å². The first-order valence-corrected chi connectivity index (χ1v) is 7.11. The predicted molar refractivity (Wildman–Crippen MR) is 83.9 cm³/mol. The van der Waals surface area contributed by atoms with Crippen LogP contribution in [-0.4, -0.2) is 13.2 Å². The van der Waals surface area contributed by atoms with Gasteiger partial charge < -0.3 is 15.4 Å². The number of fused-ring (bicyclic) bond motifs is 1. The molecule has 2 aromatic rings.